The average Bonchev–Trinajstić information content (AvgIpc) is 2.88. The molecule has 0 aliphatic carbocycles. The summed E-state index contributed by atoms with van der Waals surface area (Å²) in [4.78, 5) is 2.49. The Bertz CT molecular complexity index is 434. The van der Waals surface area contributed by atoms with Crippen molar-refractivity contribution in [1.82, 2.24) is 4.90 Å². The first-order valence-electron chi connectivity index (χ1n) is 7.01. The molecule has 2 N–H and O–H groups in total. The van der Waals surface area contributed by atoms with Crippen molar-refractivity contribution in [2.45, 2.75) is 18.4 Å². The van der Waals surface area contributed by atoms with Crippen LogP contribution in [-0.2, 0) is 0 Å². The predicted octanol–water partition coefficient (Wildman–Crippen LogP) is 1.56. The molecule has 3 unspecified atom stereocenters. The van der Waals surface area contributed by atoms with E-state index in [0.29, 0.717) is 5.92 Å². The molecule has 2 fully saturated rings. The Morgan fingerprint density at radius 1 is 1.37 bits per heavy atom. The Labute approximate surface area is 114 Å². The molecule has 1 aromatic carbocycles. The molecule has 3 rings (SSSR count). The Morgan fingerprint density at radius 3 is 2.84 bits per heavy atom. The summed E-state index contributed by atoms with van der Waals surface area (Å²) < 4.78 is 5.18. The molecule has 0 saturated carbocycles. The van der Waals surface area contributed by atoms with E-state index < -0.39 is 0 Å². The van der Waals surface area contributed by atoms with Gasteiger partial charge < -0.3 is 20.1 Å². The number of nitrogens with zero attached hydrogens (tertiary/aromatic N) is 1. The van der Waals surface area contributed by atoms with E-state index in [-0.39, 0.29) is 12.1 Å². The third-order valence-corrected chi connectivity index (χ3v) is 4.69. The summed E-state index contributed by atoms with van der Waals surface area (Å²) in [6, 6.07) is 7.96. The molecule has 2 aliphatic rings. The smallest absolute Gasteiger partial charge is 0.119 e. The summed E-state index contributed by atoms with van der Waals surface area (Å²) in [5.41, 5.74) is 0.914. The van der Waals surface area contributed by atoms with E-state index in [2.05, 4.69) is 10.2 Å². The van der Waals surface area contributed by atoms with E-state index in [4.69, 9.17) is 4.74 Å². The van der Waals surface area contributed by atoms with Crippen LogP contribution < -0.4 is 10.1 Å². The maximum atomic E-state index is 9.92. The molecular formula is C15H22N2O2. The first-order chi connectivity index (χ1) is 9.25. The van der Waals surface area contributed by atoms with Gasteiger partial charge in [0.1, 0.15) is 5.75 Å². The van der Waals surface area contributed by atoms with Crippen molar-refractivity contribution in [3.05, 3.63) is 24.3 Å². The van der Waals surface area contributed by atoms with E-state index in [9.17, 15) is 5.11 Å². The molecule has 4 heteroatoms. The zero-order chi connectivity index (χ0) is 13.3. The quantitative estimate of drug-likeness (QED) is 0.864. The van der Waals surface area contributed by atoms with Gasteiger partial charge in [-0.25, -0.2) is 0 Å². The number of hydrogen-bond donors (Lipinski definition) is 2. The Morgan fingerprint density at radius 2 is 2.16 bits per heavy atom. The zero-order valence-corrected chi connectivity index (χ0v) is 11.4. The SMILES string of the molecule is COc1ccc(NC2(CO)CCN3CCC2C3)cc1. The van der Waals surface area contributed by atoms with Crippen molar-refractivity contribution >= 4 is 5.69 Å². The van der Waals surface area contributed by atoms with Crippen LogP contribution in [0, 0.1) is 5.92 Å². The van der Waals surface area contributed by atoms with Gasteiger partial charge in [-0.3, -0.25) is 0 Å². The van der Waals surface area contributed by atoms with Crippen molar-refractivity contribution in [2.75, 3.05) is 38.7 Å². The van der Waals surface area contributed by atoms with Crippen LogP contribution in [0.2, 0.25) is 0 Å². The van der Waals surface area contributed by atoms with Crippen molar-refractivity contribution in [3.8, 4) is 5.75 Å². The average molecular weight is 262 g/mol. The number of benzene rings is 1. The van der Waals surface area contributed by atoms with E-state index in [1.165, 1.54) is 13.0 Å². The molecule has 2 aliphatic heterocycles. The minimum atomic E-state index is -0.151. The molecule has 1 aromatic rings. The fraction of sp³-hybridized carbons (Fsp3) is 0.600. The van der Waals surface area contributed by atoms with Gasteiger partial charge >= 0.3 is 0 Å². The van der Waals surface area contributed by atoms with Crippen LogP contribution >= 0.6 is 0 Å². The third-order valence-electron chi connectivity index (χ3n) is 4.69. The first-order valence-corrected chi connectivity index (χ1v) is 7.01. The molecule has 0 aromatic heterocycles. The minimum absolute atomic E-state index is 0.151. The number of aliphatic hydroxyl groups excluding tert-OH is 1. The summed E-state index contributed by atoms with van der Waals surface area (Å²) in [5.74, 6) is 1.41. The van der Waals surface area contributed by atoms with Gasteiger partial charge in [0, 0.05) is 18.8 Å². The molecule has 2 bridgehead atoms. The molecule has 104 valence electrons. The monoisotopic (exact) mass is 262 g/mol. The van der Waals surface area contributed by atoms with Crippen LogP contribution in [0.1, 0.15) is 12.8 Å². The van der Waals surface area contributed by atoms with E-state index in [1.807, 2.05) is 24.3 Å². The number of ether oxygens (including phenoxy) is 1. The number of methoxy groups -OCH3 is 1. The van der Waals surface area contributed by atoms with Crippen molar-refractivity contribution in [1.29, 1.82) is 0 Å². The van der Waals surface area contributed by atoms with Gasteiger partial charge in [-0.1, -0.05) is 0 Å². The number of nitrogens with one attached hydrogen (secondary N) is 1. The molecule has 0 spiro atoms. The second kappa shape index (κ2) is 5.02. The van der Waals surface area contributed by atoms with Gasteiger partial charge in [0.25, 0.3) is 0 Å². The molecule has 2 saturated heterocycles. The lowest BCUT2D eigenvalue weighted by Gasteiger charge is -2.43. The molecule has 0 amide bonds. The van der Waals surface area contributed by atoms with Gasteiger partial charge in [0.05, 0.1) is 19.3 Å². The van der Waals surface area contributed by atoms with Crippen molar-refractivity contribution < 1.29 is 9.84 Å². The Balaban J connectivity index is 1.78. The summed E-state index contributed by atoms with van der Waals surface area (Å²) >= 11 is 0. The van der Waals surface area contributed by atoms with Crippen LogP contribution in [0.4, 0.5) is 5.69 Å². The van der Waals surface area contributed by atoms with Crippen LogP contribution in [-0.4, -0.2) is 48.9 Å². The number of rotatable bonds is 4. The molecule has 0 radical (unpaired) electrons. The molecule has 2 heterocycles. The predicted molar refractivity (Wildman–Crippen MR) is 75.6 cm³/mol. The van der Waals surface area contributed by atoms with E-state index in [0.717, 1.165) is 30.9 Å². The lowest BCUT2D eigenvalue weighted by molar-refractivity contribution is 0.112. The van der Waals surface area contributed by atoms with Crippen LogP contribution in [0.5, 0.6) is 5.75 Å². The van der Waals surface area contributed by atoms with Gasteiger partial charge in [0.15, 0.2) is 0 Å². The second-order valence-corrected chi connectivity index (χ2v) is 5.70. The Kier molecular flexibility index (Phi) is 3.37. The fourth-order valence-electron chi connectivity index (χ4n) is 3.42. The van der Waals surface area contributed by atoms with Gasteiger partial charge in [-0.05, 0) is 49.6 Å². The molecular weight excluding hydrogens is 240 g/mol. The molecule has 4 nitrogen and oxygen atoms in total. The number of anilines is 1. The lowest BCUT2D eigenvalue weighted by Crippen LogP contribution is -2.54. The van der Waals surface area contributed by atoms with Crippen molar-refractivity contribution in [3.63, 3.8) is 0 Å². The van der Waals surface area contributed by atoms with Crippen LogP contribution in [0.15, 0.2) is 24.3 Å². The number of piperidine rings is 1. The normalized spacial score (nSPS) is 33.2. The third kappa shape index (κ3) is 2.30. The number of hydrogen-bond acceptors (Lipinski definition) is 4. The highest BCUT2D eigenvalue weighted by Crippen LogP contribution is 2.38. The highest BCUT2D eigenvalue weighted by atomic mass is 16.5. The summed E-state index contributed by atoms with van der Waals surface area (Å²) in [7, 11) is 1.67. The zero-order valence-electron chi connectivity index (χ0n) is 11.4. The van der Waals surface area contributed by atoms with Gasteiger partial charge in [-0.15, -0.1) is 0 Å². The lowest BCUT2D eigenvalue weighted by atomic mass is 9.79. The summed E-state index contributed by atoms with van der Waals surface area (Å²) in [6.45, 7) is 3.58. The van der Waals surface area contributed by atoms with Gasteiger partial charge in [0.2, 0.25) is 0 Å². The first kappa shape index (κ1) is 12.8. The highest BCUT2D eigenvalue weighted by molar-refractivity contribution is 5.49. The second-order valence-electron chi connectivity index (χ2n) is 5.70. The minimum Gasteiger partial charge on any atom is -0.497 e. The highest BCUT2D eigenvalue weighted by Gasteiger charge is 2.45. The standard InChI is InChI=1S/C15H22N2O2/c1-19-14-4-2-13(3-5-14)16-15(11-18)7-9-17-8-6-12(15)10-17/h2-5,12,16,18H,6-11H2,1H3. The maximum Gasteiger partial charge on any atom is 0.119 e. The number of aliphatic hydroxyl groups is 1. The summed E-state index contributed by atoms with van der Waals surface area (Å²) in [5, 5.41) is 13.5. The summed E-state index contributed by atoms with van der Waals surface area (Å²) in [6.07, 6.45) is 2.20. The Hall–Kier alpha value is -1.26. The van der Waals surface area contributed by atoms with Gasteiger partial charge in [-0.2, -0.15) is 0 Å². The van der Waals surface area contributed by atoms with Crippen molar-refractivity contribution in [2.24, 2.45) is 5.92 Å². The molecule has 3 atom stereocenters. The van der Waals surface area contributed by atoms with E-state index >= 15 is 0 Å². The van der Waals surface area contributed by atoms with Crippen LogP contribution in [0.25, 0.3) is 0 Å². The molecule has 19 heavy (non-hydrogen) atoms. The van der Waals surface area contributed by atoms with E-state index in [1.54, 1.807) is 7.11 Å². The number of fused-ring (bicyclic) bond motifs is 2. The topological polar surface area (TPSA) is 44.7 Å². The fourth-order valence-corrected chi connectivity index (χ4v) is 3.42. The largest absolute Gasteiger partial charge is 0.497 e. The maximum absolute atomic E-state index is 9.92. The van der Waals surface area contributed by atoms with Crippen LogP contribution in [0.3, 0.4) is 0 Å².